The maximum atomic E-state index is 12.6. The van der Waals surface area contributed by atoms with Crippen molar-refractivity contribution in [2.24, 2.45) is 0 Å². The fraction of sp³-hybridized carbons (Fsp3) is 0.458. The minimum Gasteiger partial charge on any atom is -0.497 e. The zero-order chi connectivity index (χ0) is 21.3. The number of ether oxygens (including phenoxy) is 2. The van der Waals surface area contributed by atoms with Gasteiger partial charge in [0.1, 0.15) is 11.5 Å². The van der Waals surface area contributed by atoms with E-state index in [0.717, 1.165) is 49.8 Å². The van der Waals surface area contributed by atoms with Gasteiger partial charge in [-0.05, 0) is 50.1 Å². The van der Waals surface area contributed by atoms with Gasteiger partial charge in [0.2, 0.25) is 0 Å². The van der Waals surface area contributed by atoms with Crippen LogP contribution in [0.4, 0.5) is 5.69 Å². The topological polar surface area (TPSA) is 55.2 Å². The molecular formula is C24H34N3O3+. The minimum absolute atomic E-state index is 0.0508. The predicted molar refractivity (Wildman–Crippen MR) is 120 cm³/mol. The van der Waals surface area contributed by atoms with Gasteiger partial charge in [0.05, 0.1) is 45.6 Å². The number of nitrogens with zero attached hydrogens (tertiary/aromatic N) is 1. The molecular weight excluding hydrogens is 378 g/mol. The van der Waals surface area contributed by atoms with Crippen LogP contribution >= 0.6 is 0 Å². The van der Waals surface area contributed by atoms with Gasteiger partial charge in [-0.1, -0.05) is 24.3 Å². The number of benzene rings is 2. The van der Waals surface area contributed by atoms with Crippen LogP contribution in [0.5, 0.6) is 11.5 Å². The van der Waals surface area contributed by atoms with E-state index >= 15 is 0 Å². The molecule has 1 saturated heterocycles. The Bertz CT molecular complexity index is 802. The van der Waals surface area contributed by atoms with Gasteiger partial charge in [-0.3, -0.25) is 4.79 Å². The molecule has 2 N–H and O–H groups in total. The number of piperazine rings is 1. The Morgan fingerprint density at radius 1 is 1.13 bits per heavy atom. The van der Waals surface area contributed by atoms with Crippen LogP contribution in [-0.2, 0) is 11.2 Å². The molecule has 6 heteroatoms. The van der Waals surface area contributed by atoms with Crippen molar-refractivity contribution in [2.75, 3.05) is 51.3 Å². The van der Waals surface area contributed by atoms with Crippen LogP contribution in [0.2, 0.25) is 0 Å². The van der Waals surface area contributed by atoms with E-state index in [0.29, 0.717) is 13.2 Å². The van der Waals surface area contributed by atoms with Gasteiger partial charge in [-0.2, -0.15) is 0 Å². The average Bonchev–Trinajstić information content (AvgIpc) is 2.80. The van der Waals surface area contributed by atoms with Crippen molar-refractivity contribution in [2.45, 2.75) is 26.3 Å². The summed E-state index contributed by atoms with van der Waals surface area (Å²) in [5, 5.41) is 3.10. The molecule has 0 aliphatic carbocycles. The van der Waals surface area contributed by atoms with E-state index in [2.05, 4.69) is 22.3 Å². The maximum absolute atomic E-state index is 12.6. The van der Waals surface area contributed by atoms with Crippen LogP contribution in [0.3, 0.4) is 0 Å². The normalized spacial score (nSPS) is 15.5. The zero-order valence-electron chi connectivity index (χ0n) is 18.3. The van der Waals surface area contributed by atoms with E-state index in [1.807, 2.05) is 50.2 Å². The first-order valence-electron chi connectivity index (χ1n) is 10.8. The number of rotatable bonds is 9. The van der Waals surface area contributed by atoms with E-state index in [4.69, 9.17) is 9.47 Å². The summed E-state index contributed by atoms with van der Waals surface area (Å²) in [5.41, 5.74) is 2.34. The lowest BCUT2D eigenvalue weighted by Gasteiger charge is -2.36. The number of hydrogen-bond acceptors (Lipinski definition) is 4. The Morgan fingerprint density at radius 3 is 2.50 bits per heavy atom. The van der Waals surface area contributed by atoms with Gasteiger partial charge < -0.3 is 24.6 Å². The molecule has 0 radical (unpaired) electrons. The van der Waals surface area contributed by atoms with Gasteiger partial charge in [0.15, 0.2) is 6.04 Å². The van der Waals surface area contributed by atoms with Crippen LogP contribution in [0, 0.1) is 0 Å². The summed E-state index contributed by atoms with van der Waals surface area (Å²) in [6.07, 6.45) is 0.819. The second-order valence-electron chi connectivity index (χ2n) is 7.66. The lowest BCUT2D eigenvalue weighted by Crippen LogP contribution is -3.19. The first kappa shape index (κ1) is 22.0. The quantitative estimate of drug-likeness (QED) is 0.656. The molecule has 0 bridgehead atoms. The molecule has 6 nitrogen and oxygen atoms in total. The molecule has 1 aliphatic heterocycles. The molecule has 3 rings (SSSR count). The molecule has 162 valence electrons. The lowest BCUT2D eigenvalue weighted by atomic mass is 10.1. The monoisotopic (exact) mass is 412 g/mol. The average molecular weight is 413 g/mol. The number of para-hydroxylation sites is 2. The molecule has 2 aromatic carbocycles. The summed E-state index contributed by atoms with van der Waals surface area (Å²) in [6.45, 7) is 9.06. The summed E-state index contributed by atoms with van der Waals surface area (Å²) in [7, 11) is 1.66. The van der Waals surface area contributed by atoms with Gasteiger partial charge in [0, 0.05) is 6.54 Å². The van der Waals surface area contributed by atoms with E-state index in [9.17, 15) is 4.79 Å². The number of quaternary nitrogens is 1. The van der Waals surface area contributed by atoms with Crippen LogP contribution in [0.1, 0.15) is 19.4 Å². The number of amides is 1. The Kier molecular flexibility index (Phi) is 7.97. The highest BCUT2D eigenvalue weighted by Crippen LogP contribution is 2.27. The third kappa shape index (κ3) is 5.66. The second kappa shape index (κ2) is 10.9. The molecule has 0 spiro atoms. The molecule has 1 fully saturated rings. The Balaban J connectivity index is 1.45. The molecule has 0 aromatic heterocycles. The highest BCUT2D eigenvalue weighted by atomic mass is 16.5. The fourth-order valence-corrected chi connectivity index (χ4v) is 3.92. The highest BCUT2D eigenvalue weighted by Gasteiger charge is 2.29. The predicted octanol–water partition coefficient (Wildman–Crippen LogP) is 1.55. The lowest BCUT2D eigenvalue weighted by molar-refractivity contribution is -0.914. The first-order chi connectivity index (χ1) is 14.6. The minimum atomic E-state index is -0.0508. The molecule has 1 amide bonds. The molecule has 0 unspecified atom stereocenters. The van der Waals surface area contributed by atoms with Crippen LogP contribution in [0.15, 0.2) is 48.5 Å². The fourth-order valence-electron chi connectivity index (χ4n) is 3.92. The number of methoxy groups -OCH3 is 1. The number of carbonyl (C=O) groups is 1. The Labute approximate surface area is 179 Å². The largest absolute Gasteiger partial charge is 0.497 e. The molecule has 30 heavy (non-hydrogen) atoms. The van der Waals surface area contributed by atoms with Crippen molar-refractivity contribution in [3.8, 4) is 11.5 Å². The number of nitrogens with one attached hydrogen (secondary N) is 2. The standard InChI is InChI=1S/C24H33N3O3/c1-4-30-23-8-6-5-7-22(23)27-17-15-26(16-18-27)19(2)24(28)25-14-13-20-9-11-21(29-3)12-10-20/h5-12,19H,4,13-18H2,1-3H3,(H,25,28)/p+1/t19-/m1/s1. The summed E-state index contributed by atoms with van der Waals surface area (Å²) in [6, 6.07) is 16.1. The number of hydrogen-bond donors (Lipinski definition) is 2. The van der Waals surface area contributed by atoms with E-state index in [1.165, 1.54) is 10.5 Å². The van der Waals surface area contributed by atoms with E-state index < -0.39 is 0 Å². The van der Waals surface area contributed by atoms with Crippen LogP contribution in [-0.4, -0.2) is 58.4 Å². The maximum Gasteiger partial charge on any atom is 0.278 e. The second-order valence-corrected chi connectivity index (χ2v) is 7.66. The molecule has 1 heterocycles. The van der Waals surface area contributed by atoms with E-state index in [1.54, 1.807) is 7.11 Å². The Hall–Kier alpha value is -2.73. The van der Waals surface area contributed by atoms with Gasteiger partial charge in [-0.15, -0.1) is 0 Å². The van der Waals surface area contributed by atoms with Crippen molar-refractivity contribution < 1.29 is 19.2 Å². The van der Waals surface area contributed by atoms with Gasteiger partial charge >= 0.3 is 0 Å². The zero-order valence-corrected chi connectivity index (χ0v) is 18.3. The third-order valence-electron chi connectivity index (χ3n) is 5.79. The molecule has 2 aromatic rings. The molecule has 1 aliphatic rings. The van der Waals surface area contributed by atoms with Crippen molar-refractivity contribution in [3.63, 3.8) is 0 Å². The Morgan fingerprint density at radius 2 is 1.83 bits per heavy atom. The number of carbonyl (C=O) groups excluding carboxylic acids is 1. The van der Waals surface area contributed by atoms with Crippen molar-refractivity contribution >= 4 is 11.6 Å². The summed E-state index contributed by atoms with van der Waals surface area (Å²) >= 11 is 0. The SMILES string of the molecule is CCOc1ccccc1N1CC[NH+]([C@H](C)C(=O)NCCc2ccc(OC)cc2)CC1. The smallest absolute Gasteiger partial charge is 0.278 e. The summed E-state index contributed by atoms with van der Waals surface area (Å²) in [4.78, 5) is 16.3. The van der Waals surface area contributed by atoms with Gasteiger partial charge in [0.25, 0.3) is 5.91 Å². The first-order valence-corrected chi connectivity index (χ1v) is 10.8. The third-order valence-corrected chi connectivity index (χ3v) is 5.79. The van der Waals surface area contributed by atoms with Crippen LogP contribution in [0.25, 0.3) is 0 Å². The van der Waals surface area contributed by atoms with Gasteiger partial charge in [-0.25, -0.2) is 0 Å². The highest BCUT2D eigenvalue weighted by molar-refractivity contribution is 5.79. The molecule has 0 saturated carbocycles. The number of anilines is 1. The van der Waals surface area contributed by atoms with Crippen molar-refractivity contribution in [1.82, 2.24) is 5.32 Å². The molecule has 1 atom stereocenters. The van der Waals surface area contributed by atoms with Crippen LogP contribution < -0.4 is 24.6 Å². The van der Waals surface area contributed by atoms with Crippen molar-refractivity contribution in [3.05, 3.63) is 54.1 Å². The summed E-state index contributed by atoms with van der Waals surface area (Å²) in [5.74, 6) is 1.91. The summed E-state index contributed by atoms with van der Waals surface area (Å²) < 4.78 is 11.0. The van der Waals surface area contributed by atoms with E-state index in [-0.39, 0.29) is 11.9 Å². The van der Waals surface area contributed by atoms with Crippen molar-refractivity contribution in [1.29, 1.82) is 0 Å².